The van der Waals surface area contributed by atoms with Crippen LogP contribution in [0.25, 0.3) is 0 Å². The molecular weight excluding hydrogens is 74.1 g/mol. The molecule has 0 bridgehead atoms. The standard InChI is InChI=1S/CH4S.NO/c2*1-2/h2H,1H3;. The molecule has 25 valence electrons. The van der Waals surface area contributed by atoms with Crippen molar-refractivity contribution in [1.29, 1.82) is 0 Å². The number of hydrogen-bond donors (Lipinski definition) is 1. The van der Waals surface area contributed by atoms with Crippen molar-refractivity contribution in [3.63, 3.8) is 0 Å². The normalized spacial score (nSPS) is 2.50. The van der Waals surface area contributed by atoms with Gasteiger partial charge in [0.05, 0.1) is 0 Å². The summed E-state index contributed by atoms with van der Waals surface area (Å²) < 4.78 is 0. The first-order valence-corrected chi connectivity index (χ1v) is 1.52. The van der Waals surface area contributed by atoms with Gasteiger partial charge in [0.15, 0.2) is 0 Å². The fraction of sp³-hybridized carbons (Fsp3) is 1.00. The summed E-state index contributed by atoms with van der Waals surface area (Å²) in [5.74, 6) is 0. The molecule has 0 rings (SSSR count). The lowest BCUT2D eigenvalue weighted by Crippen LogP contribution is -0.976. The van der Waals surface area contributed by atoms with E-state index in [0.29, 0.717) is 0 Å². The topological polar surface area (TPSA) is 39.4 Å². The van der Waals surface area contributed by atoms with Crippen LogP contribution in [0.15, 0.2) is 0 Å². The Morgan fingerprint density at radius 2 is 1.50 bits per heavy atom. The van der Waals surface area contributed by atoms with E-state index in [0.717, 1.165) is 0 Å². The molecule has 0 unspecified atom stereocenters. The maximum atomic E-state index is 7.25. The molecule has 0 aromatic rings. The molecule has 0 aliphatic carbocycles. The molecule has 2 nitrogen and oxygen atoms in total. The van der Waals surface area contributed by atoms with Gasteiger partial charge in [-0.15, -0.1) is 4.91 Å². The first kappa shape index (κ1) is 9.04. The van der Waals surface area contributed by atoms with Gasteiger partial charge in [0.1, 0.15) is 5.59 Å². The molecule has 0 spiro atoms. The van der Waals surface area contributed by atoms with E-state index < -0.39 is 0 Å². The lowest BCUT2D eigenvalue weighted by molar-refractivity contribution is 1.81. The zero-order chi connectivity index (χ0) is 4.00. The molecule has 3 heteroatoms. The van der Waals surface area contributed by atoms with Gasteiger partial charge in [0, 0.05) is 0 Å². The van der Waals surface area contributed by atoms with Crippen molar-refractivity contribution < 1.29 is 0 Å². The third kappa shape index (κ3) is 704. The number of hydrogen-bond acceptors (Lipinski definition) is 2. The molecule has 0 aromatic carbocycles. The van der Waals surface area contributed by atoms with Crippen molar-refractivity contribution in [2.24, 2.45) is 0 Å². The van der Waals surface area contributed by atoms with Crippen LogP contribution in [0.5, 0.6) is 0 Å². The third-order valence-electron chi connectivity index (χ3n) is 0. The second-order valence-electron chi connectivity index (χ2n) is 0. The van der Waals surface area contributed by atoms with E-state index in [1.807, 2.05) is 0 Å². The summed E-state index contributed by atoms with van der Waals surface area (Å²) in [4.78, 5) is 7.25. The fourth-order valence-corrected chi connectivity index (χ4v) is 0. The molecule has 0 amide bonds. The molecule has 0 N–H and O–H groups in total. The van der Waals surface area contributed by atoms with E-state index in [2.05, 4.69) is 12.6 Å². The minimum absolute atomic E-state index is 1.69. The van der Waals surface area contributed by atoms with E-state index in [9.17, 15) is 0 Å². The van der Waals surface area contributed by atoms with Crippen molar-refractivity contribution >= 4 is 12.6 Å². The Morgan fingerprint density at radius 3 is 1.50 bits per heavy atom. The number of rotatable bonds is 0. The van der Waals surface area contributed by atoms with Crippen molar-refractivity contribution in [2.75, 3.05) is 6.26 Å². The molecule has 0 fully saturated rings. The van der Waals surface area contributed by atoms with Gasteiger partial charge in [-0.1, -0.05) is 0 Å². The van der Waals surface area contributed by atoms with Crippen LogP contribution in [0.4, 0.5) is 0 Å². The molecule has 0 heterocycles. The smallest absolute Gasteiger partial charge is 0.120 e. The van der Waals surface area contributed by atoms with Crippen molar-refractivity contribution in [1.82, 2.24) is 5.59 Å². The zero-order valence-electron chi connectivity index (χ0n) is 2.30. The summed E-state index contributed by atoms with van der Waals surface area (Å²) in [7, 11) is 0. The molecule has 0 atom stereocenters. The van der Waals surface area contributed by atoms with Crippen LogP contribution in [-0.2, 0) is 0 Å². The van der Waals surface area contributed by atoms with Crippen molar-refractivity contribution in [2.45, 2.75) is 0 Å². The Balaban J connectivity index is 0. The van der Waals surface area contributed by atoms with Crippen LogP contribution in [0.3, 0.4) is 0 Å². The van der Waals surface area contributed by atoms with Gasteiger partial charge in [0.2, 0.25) is 0 Å². The maximum absolute atomic E-state index is 7.25. The van der Waals surface area contributed by atoms with Gasteiger partial charge in [-0.2, -0.15) is 12.6 Å². The van der Waals surface area contributed by atoms with Gasteiger partial charge in [0.25, 0.3) is 0 Å². The van der Waals surface area contributed by atoms with Crippen LogP contribution in [0.2, 0.25) is 0 Å². The summed E-state index contributed by atoms with van der Waals surface area (Å²) in [6.45, 7) is 0. The maximum Gasteiger partial charge on any atom is 0.120 e. The first-order valence-electron chi connectivity index (χ1n) is 0.630. The molecular formula is CH4NOS. The Kier molecular flexibility index (Phi) is 10100. The van der Waals surface area contributed by atoms with Gasteiger partial charge >= 0.3 is 0 Å². The first-order chi connectivity index (χ1) is 2.00. The number of thiol groups is 1. The van der Waals surface area contributed by atoms with Crippen LogP contribution >= 0.6 is 12.6 Å². The summed E-state index contributed by atoms with van der Waals surface area (Å²) in [6, 6.07) is 0. The number of nitroso groups, excluding NO2 is 1. The lowest BCUT2D eigenvalue weighted by Gasteiger charge is -1.11. The van der Waals surface area contributed by atoms with E-state index in [-0.39, 0.29) is 0 Å². The molecule has 0 aliphatic rings. The van der Waals surface area contributed by atoms with E-state index in [1.165, 1.54) is 0 Å². The SMILES string of the molecule is CS.[N]=O. The summed E-state index contributed by atoms with van der Waals surface area (Å²) >= 11 is 3.53. The molecule has 4 heavy (non-hydrogen) atoms. The second-order valence-corrected chi connectivity index (χ2v) is 0. The van der Waals surface area contributed by atoms with Crippen LogP contribution in [-0.4, -0.2) is 6.26 Å². The Hall–Kier alpha value is -0.0500. The monoisotopic (exact) mass is 78.0 g/mol. The van der Waals surface area contributed by atoms with Gasteiger partial charge < -0.3 is 0 Å². The molecule has 0 aliphatic heterocycles. The molecule has 0 saturated carbocycles. The average Bonchev–Trinajstić information content (AvgIpc) is 1.50. The minimum atomic E-state index is 1.69. The van der Waals surface area contributed by atoms with E-state index in [1.54, 1.807) is 6.26 Å². The van der Waals surface area contributed by atoms with E-state index >= 15 is 0 Å². The Labute approximate surface area is 30.4 Å². The highest BCUT2D eigenvalue weighted by molar-refractivity contribution is 7.79. The summed E-state index contributed by atoms with van der Waals surface area (Å²) in [6.07, 6.45) is 1.69. The van der Waals surface area contributed by atoms with Gasteiger partial charge in [-0.05, 0) is 6.26 Å². The van der Waals surface area contributed by atoms with Crippen molar-refractivity contribution in [3.05, 3.63) is 4.91 Å². The Bertz CT molecular complexity index is 8.00. The molecule has 0 aromatic heterocycles. The number of nitrogens with zero attached hydrogens (tertiary/aromatic N) is 1. The minimum Gasteiger partial charge on any atom is -0.183 e. The summed E-state index contributed by atoms with van der Waals surface area (Å²) in [5.41, 5.74) is 5.75. The highest BCUT2D eigenvalue weighted by Crippen LogP contribution is 1.31. The Morgan fingerprint density at radius 1 is 1.50 bits per heavy atom. The third-order valence-corrected chi connectivity index (χ3v) is 0. The van der Waals surface area contributed by atoms with E-state index in [4.69, 9.17) is 10.5 Å². The van der Waals surface area contributed by atoms with Crippen LogP contribution in [0.1, 0.15) is 0 Å². The van der Waals surface area contributed by atoms with Crippen LogP contribution in [0, 0.1) is 4.91 Å². The lowest BCUT2D eigenvalue weighted by atomic mass is 12.0. The average molecular weight is 78.1 g/mol. The zero-order valence-corrected chi connectivity index (χ0v) is 3.20. The highest BCUT2D eigenvalue weighted by Gasteiger charge is 0.901. The van der Waals surface area contributed by atoms with Gasteiger partial charge in [-0.25, -0.2) is 0 Å². The molecule has 1 radical (unpaired) electrons. The summed E-state index contributed by atoms with van der Waals surface area (Å²) in [5, 5.41) is 0. The predicted octanol–water partition coefficient (Wildman–Crippen LogP) is 0.0989. The van der Waals surface area contributed by atoms with Gasteiger partial charge in [-0.3, -0.25) is 0 Å². The quantitative estimate of drug-likeness (QED) is 0.410. The highest BCUT2D eigenvalue weighted by atomic mass is 32.1. The largest absolute Gasteiger partial charge is 0.183 e. The van der Waals surface area contributed by atoms with Crippen molar-refractivity contribution in [3.8, 4) is 0 Å². The fourth-order valence-electron chi connectivity index (χ4n) is 0. The van der Waals surface area contributed by atoms with Crippen LogP contribution < -0.4 is 5.59 Å². The molecule has 0 saturated heterocycles. The predicted molar refractivity (Wildman–Crippen MR) is 20.4 cm³/mol. The second kappa shape index (κ2) is 4490.